The average Bonchev–Trinajstić information content (AvgIpc) is 3.04. The fourth-order valence-corrected chi connectivity index (χ4v) is 3.62. The maximum absolute atomic E-state index is 12.2. The topological polar surface area (TPSA) is 60.7 Å². The second-order valence-electron chi connectivity index (χ2n) is 6.93. The Morgan fingerprint density at radius 2 is 2.11 bits per heavy atom. The summed E-state index contributed by atoms with van der Waals surface area (Å²) in [5, 5.41) is 4.05. The first kappa shape index (κ1) is 19.5. The molecule has 0 radical (unpaired) electrons. The van der Waals surface area contributed by atoms with Crippen LogP contribution in [0.3, 0.4) is 0 Å². The smallest absolute Gasteiger partial charge is 0.244 e. The van der Waals surface area contributed by atoms with Crippen LogP contribution in [0.25, 0.3) is 16.5 Å². The monoisotopic (exact) mass is 371 g/mol. The highest BCUT2D eigenvalue weighted by atomic mass is 16.5. The van der Waals surface area contributed by atoms with Crippen molar-refractivity contribution in [2.24, 2.45) is 0 Å². The molecule has 0 fully saturated rings. The number of carbonyl (C=O) groups is 1. The lowest BCUT2D eigenvalue weighted by Crippen LogP contribution is -2.23. The number of furan rings is 1. The van der Waals surface area contributed by atoms with E-state index in [1.807, 2.05) is 19.9 Å². The highest BCUT2D eigenvalue weighted by molar-refractivity contribution is 5.97. The number of hydrogen-bond donors (Lipinski definition) is 1. The molecule has 0 saturated heterocycles. The molecule has 0 bridgehead atoms. The van der Waals surface area contributed by atoms with Gasteiger partial charge in [-0.25, -0.2) is 0 Å². The van der Waals surface area contributed by atoms with Gasteiger partial charge >= 0.3 is 0 Å². The number of aryl methyl sites for hydroxylation is 2. The van der Waals surface area contributed by atoms with Crippen molar-refractivity contribution in [1.29, 1.82) is 0 Å². The van der Waals surface area contributed by atoms with Gasteiger partial charge in [0.2, 0.25) is 5.91 Å². The van der Waals surface area contributed by atoms with Crippen LogP contribution in [0.4, 0.5) is 0 Å². The van der Waals surface area contributed by atoms with Gasteiger partial charge in [-0.15, -0.1) is 0 Å². The molecule has 1 aliphatic rings. The van der Waals surface area contributed by atoms with Crippen LogP contribution < -0.4 is 10.1 Å². The third kappa shape index (κ3) is 4.53. The molecule has 0 unspecified atom stereocenters. The Morgan fingerprint density at radius 3 is 2.89 bits per heavy atom. The van der Waals surface area contributed by atoms with E-state index in [1.54, 1.807) is 13.2 Å². The van der Waals surface area contributed by atoms with Crippen molar-refractivity contribution in [3.8, 4) is 5.75 Å². The molecular weight excluding hydrogens is 342 g/mol. The summed E-state index contributed by atoms with van der Waals surface area (Å²) < 4.78 is 16.9. The summed E-state index contributed by atoms with van der Waals surface area (Å²) in [7, 11) is 1.65. The zero-order valence-electron chi connectivity index (χ0n) is 16.5. The molecule has 0 spiro atoms. The molecule has 5 nitrogen and oxygen atoms in total. The lowest BCUT2D eigenvalue weighted by Gasteiger charge is -2.11. The molecule has 1 amide bonds. The number of methoxy groups -OCH3 is 1. The standard InChI is InChI=1S/C22H29NO4/c1-4-26-11-7-10-23-22(24)12-15(2)17-13-18-16-8-5-6-9-19(16)27-21(18)14-20(17)25-3/h12-14H,4-11H2,1-3H3,(H,23,24)/b15-12+. The van der Waals surface area contributed by atoms with Gasteiger partial charge in [0.25, 0.3) is 0 Å². The summed E-state index contributed by atoms with van der Waals surface area (Å²) in [6.45, 7) is 5.87. The molecular formula is C22H29NO4. The summed E-state index contributed by atoms with van der Waals surface area (Å²) in [5.74, 6) is 1.73. The molecule has 5 heteroatoms. The quantitative estimate of drug-likeness (QED) is 0.556. The normalized spacial score (nSPS) is 14.3. The number of allylic oxidation sites excluding steroid dienone is 1. The number of ether oxygens (including phenoxy) is 2. The van der Waals surface area contributed by atoms with Crippen molar-refractivity contribution in [2.45, 2.75) is 46.0 Å². The molecule has 1 aliphatic carbocycles. The van der Waals surface area contributed by atoms with E-state index >= 15 is 0 Å². The van der Waals surface area contributed by atoms with Crippen LogP contribution >= 0.6 is 0 Å². The molecule has 146 valence electrons. The Kier molecular flexibility index (Phi) is 6.56. The van der Waals surface area contributed by atoms with Gasteiger partial charge in [0, 0.05) is 54.8 Å². The van der Waals surface area contributed by atoms with E-state index < -0.39 is 0 Å². The van der Waals surface area contributed by atoms with Gasteiger partial charge in [0.05, 0.1) is 7.11 Å². The first-order valence-electron chi connectivity index (χ1n) is 9.80. The van der Waals surface area contributed by atoms with Crippen LogP contribution in [0.5, 0.6) is 5.75 Å². The molecule has 1 aromatic carbocycles. The first-order chi connectivity index (χ1) is 13.1. The van der Waals surface area contributed by atoms with Gasteiger partial charge in [-0.2, -0.15) is 0 Å². The van der Waals surface area contributed by atoms with Crippen LogP contribution in [0.15, 0.2) is 22.6 Å². The van der Waals surface area contributed by atoms with Crippen LogP contribution in [0.2, 0.25) is 0 Å². The number of benzene rings is 1. The Balaban J connectivity index is 1.80. The second-order valence-corrected chi connectivity index (χ2v) is 6.93. The van der Waals surface area contributed by atoms with E-state index in [1.165, 1.54) is 18.4 Å². The van der Waals surface area contributed by atoms with Crippen LogP contribution in [-0.2, 0) is 22.4 Å². The predicted octanol–water partition coefficient (Wildman–Crippen LogP) is 4.27. The van der Waals surface area contributed by atoms with Crippen molar-refractivity contribution < 1.29 is 18.7 Å². The van der Waals surface area contributed by atoms with Crippen molar-refractivity contribution >= 4 is 22.4 Å². The zero-order valence-corrected chi connectivity index (χ0v) is 16.5. The fraction of sp³-hybridized carbons (Fsp3) is 0.500. The minimum Gasteiger partial charge on any atom is -0.496 e. The lowest BCUT2D eigenvalue weighted by atomic mass is 9.94. The molecule has 0 atom stereocenters. The van der Waals surface area contributed by atoms with Gasteiger partial charge < -0.3 is 19.2 Å². The summed E-state index contributed by atoms with van der Waals surface area (Å²) in [6, 6.07) is 4.05. The number of rotatable bonds is 8. The van der Waals surface area contributed by atoms with E-state index in [0.29, 0.717) is 19.8 Å². The van der Waals surface area contributed by atoms with Crippen molar-refractivity contribution in [1.82, 2.24) is 5.32 Å². The van der Waals surface area contributed by atoms with Crippen molar-refractivity contribution in [3.05, 3.63) is 35.1 Å². The number of carbonyl (C=O) groups excluding carboxylic acids is 1. The van der Waals surface area contributed by atoms with Gasteiger partial charge in [-0.1, -0.05) is 0 Å². The Bertz CT molecular complexity index is 834. The van der Waals surface area contributed by atoms with Gasteiger partial charge in [0.1, 0.15) is 17.1 Å². The Labute approximate surface area is 160 Å². The minimum absolute atomic E-state index is 0.0969. The number of amides is 1. The molecule has 1 heterocycles. The highest BCUT2D eigenvalue weighted by Crippen LogP contribution is 2.37. The minimum atomic E-state index is -0.0969. The molecule has 1 N–H and O–H groups in total. The highest BCUT2D eigenvalue weighted by Gasteiger charge is 2.20. The van der Waals surface area contributed by atoms with E-state index in [-0.39, 0.29) is 5.91 Å². The summed E-state index contributed by atoms with van der Waals surface area (Å²) in [5.41, 5.74) is 3.99. The number of nitrogens with one attached hydrogen (secondary N) is 1. The third-order valence-electron chi connectivity index (χ3n) is 5.02. The van der Waals surface area contributed by atoms with Crippen molar-refractivity contribution in [3.63, 3.8) is 0 Å². The van der Waals surface area contributed by atoms with Crippen LogP contribution in [0.1, 0.15) is 50.0 Å². The predicted molar refractivity (Wildman–Crippen MR) is 107 cm³/mol. The average molecular weight is 371 g/mol. The lowest BCUT2D eigenvalue weighted by molar-refractivity contribution is -0.116. The second kappa shape index (κ2) is 9.09. The summed E-state index contributed by atoms with van der Waals surface area (Å²) in [6.07, 6.45) is 6.87. The maximum Gasteiger partial charge on any atom is 0.244 e. The van der Waals surface area contributed by atoms with E-state index in [9.17, 15) is 4.79 Å². The van der Waals surface area contributed by atoms with Gasteiger partial charge in [0.15, 0.2) is 0 Å². The third-order valence-corrected chi connectivity index (χ3v) is 5.02. The molecule has 0 saturated carbocycles. The summed E-state index contributed by atoms with van der Waals surface area (Å²) >= 11 is 0. The fourth-order valence-electron chi connectivity index (χ4n) is 3.62. The van der Waals surface area contributed by atoms with Gasteiger partial charge in [-0.3, -0.25) is 4.79 Å². The molecule has 3 rings (SSSR count). The van der Waals surface area contributed by atoms with E-state index in [2.05, 4.69) is 11.4 Å². The number of fused-ring (bicyclic) bond motifs is 3. The van der Waals surface area contributed by atoms with E-state index in [4.69, 9.17) is 13.9 Å². The maximum atomic E-state index is 12.2. The van der Waals surface area contributed by atoms with Crippen molar-refractivity contribution in [2.75, 3.05) is 26.9 Å². The molecule has 27 heavy (non-hydrogen) atoms. The molecule has 0 aliphatic heterocycles. The van der Waals surface area contributed by atoms with Crippen LogP contribution in [-0.4, -0.2) is 32.8 Å². The van der Waals surface area contributed by atoms with Gasteiger partial charge in [-0.05, 0) is 51.2 Å². The van der Waals surface area contributed by atoms with E-state index in [0.717, 1.165) is 52.9 Å². The first-order valence-corrected chi connectivity index (χ1v) is 9.80. The Morgan fingerprint density at radius 1 is 1.30 bits per heavy atom. The summed E-state index contributed by atoms with van der Waals surface area (Å²) in [4.78, 5) is 12.2. The molecule has 2 aromatic rings. The molecule has 1 aromatic heterocycles. The largest absolute Gasteiger partial charge is 0.496 e. The zero-order chi connectivity index (χ0) is 19.2. The number of hydrogen-bond acceptors (Lipinski definition) is 4. The Hall–Kier alpha value is -2.27. The van der Waals surface area contributed by atoms with Crippen LogP contribution in [0, 0.1) is 0 Å². The SMILES string of the molecule is CCOCCCNC(=O)/C=C(\C)c1cc2c3c(oc2cc1OC)CCCC3.